The number of hydrogen-bond acceptors (Lipinski definition) is 2. The summed E-state index contributed by atoms with van der Waals surface area (Å²) >= 11 is 0. The first kappa shape index (κ1) is 13.4. The summed E-state index contributed by atoms with van der Waals surface area (Å²) < 4.78 is 27.4. The standard InChI is InChI=1S/C14H14F2N2O/c1-3-4-11-17-10(7-12(19)18-11)9-6-5-8(2)13(15)14(9)16/h5-7H,3-4H2,1-2H3,(H,17,18,19). The second-order valence-electron chi connectivity index (χ2n) is 4.39. The van der Waals surface area contributed by atoms with Crippen molar-refractivity contribution in [1.82, 2.24) is 9.97 Å². The quantitative estimate of drug-likeness (QED) is 0.926. The van der Waals surface area contributed by atoms with E-state index < -0.39 is 11.6 Å². The van der Waals surface area contributed by atoms with Gasteiger partial charge < -0.3 is 4.98 Å². The first-order chi connectivity index (χ1) is 9.02. The van der Waals surface area contributed by atoms with Gasteiger partial charge in [0.1, 0.15) is 5.82 Å². The zero-order valence-corrected chi connectivity index (χ0v) is 10.8. The van der Waals surface area contributed by atoms with Gasteiger partial charge in [0.05, 0.1) is 5.69 Å². The molecular weight excluding hydrogens is 250 g/mol. The Hall–Kier alpha value is -2.04. The third-order valence-electron chi connectivity index (χ3n) is 2.83. The van der Waals surface area contributed by atoms with Crippen LogP contribution in [0.5, 0.6) is 0 Å². The zero-order chi connectivity index (χ0) is 14.0. The monoisotopic (exact) mass is 264 g/mol. The van der Waals surface area contributed by atoms with Crippen molar-refractivity contribution in [2.45, 2.75) is 26.7 Å². The molecule has 3 nitrogen and oxygen atoms in total. The number of nitrogens with one attached hydrogen (secondary N) is 1. The van der Waals surface area contributed by atoms with Gasteiger partial charge in [-0.05, 0) is 25.0 Å². The number of aromatic amines is 1. The number of aromatic nitrogens is 2. The highest BCUT2D eigenvalue weighted by Crippen LogP contribution is 2.23. The van der Waals surface area contributed by atoms with E-state index in [0.717, 1.165) is 6.42 Å². The van der Waals surface area contributed by atoms with E-state index in [2.05, 4.69) is 9.97 Å². The molecule has 0 aliphatic rings. The van der Waals surface area contributed by atoms with Crippen molar-refractivity contribution in [1.29, 1.82) is 0 Å². The number of nitrogens with zero attached hydrogens (tertiary/aromatic N) is 1. The molecule has 0 saturated carbocycles. The Kier molecular flexibility index (Phi) is 3.74. The van der Waals surface area contributed by atoms with Gasteiger partial charge in [-0.15, -0.1) is 0 Å². The van der Waals surface area contributed by atoms with Crippen LogP contribution in [0.2, 0.25) is 0 Å². The molecule has 0 amide bonds. The van der Waals surface area contributed by atoms with Gasteiger partial charge in [0.15, 0.2) is 11.6 Å². The van der Waals surface area contributed by atoms with Crippen molar-refractivity contribution in [3.8, 4) is 11.3 Å². The largest absolute Gasteiger partial charge is 0.311 e. The Morgan fingerprint density at radius 1 is 1.26 bits per heavy atom. The molecule has 1 aromatic heterocycles. The Morgan fingerprint density at radius 3 is 2.68 bits per heavy atom. The molecule has 0 unspecified atom stereocenters. The molecule has 0 radical (unpaired) electrons. The fourth-order valence-electron chi connectivity index (χ4n) is 1.85. The van der Waals surface area contributed by atoms with Crippen LogP contribution in [0.1, 0.15) is 24.7 Å². The molecule has 100 valence electrons. The molecule has 0 spiro atoms. The lowest BCUT2D eigenvalue weighted by Gasteiger charge is -2.07. The van der Waals surface area contributed by atoms with Crippen LogP contribution in [0.15, 0.2) is 23.0 Å². The second kappa shape index (κ2) is 5.30. The molecule has 1 heterocycles. The van der Waals surface area contributed by atoms with Gasteiger partial charge in [0, 0.05) is 18.1 Å². The lowest BCUT2D eigenvalue weighted by atomic mass is 10.1. The van der Waals surface area contributed by atoms with Crippen LogP contribution < -0.4 is 5.56 Å². The minimum absolute atomic E-state index is 0.00607. The van der Waals surface area contributed by atoms with E-state index in [9.17, 15) is 13.6 Å². The molecule has 1 N–H and O–H groups in total. The normalized spacial score (nSPS) is 10.7. The van der Waals surface area contributed by atoms with E-state index in [-0.39, 0.29) is 22.4 Å². The molecule has 2 rings (SSSR count). The van der Waals surface area contributed by atoms with Crippen molar-refractivity contribution >= 4 is 0 Å². The van der Waals surface area contributed by atoms with E-state index in [1.807, 2.05) is 6.92 Å². The second-order valence-corrected chi connectivity index (χ2v) is 4.39. The highest BCUT2D eigenvalue weighted by molar-refractivity contribution is 5.60. The molecular formula is C14H14F2N2O. The molecule has 19 heavy (non-hydrogen) atoms. The van der Waals surface area contributed by atoms with Gasteiger partial charge in [0.25, 0.3) is 5.56 Å². The molecule has 0 saturated heterocycles. The van der Waals surface area contributed by atoms with Crippen LogP contribution in [0.3, 0.4) is 0 Å². The van der Waals surface area contributed by atoms with E-state index in [4.69, 9.17) is 0 Å². The summed E-state index contributed by atoms with van der Waals surface area (Å²) in [5.41, 5.74) is 0.0175. The summed E-state index contributed by atoms with van der Waals surface area (Å²) in [6, 6.07) is 4.08. The average molecular weight is 264 g/mol. The number of halogens is 2. The van der Waals surface area contributed by atoms with Gasteiger partial charge in [0.2, 0.25) is 0 Å². The maximum atomic E-state index is 13.9. The molecule has 0 atom stereocenters. The smallest absolute Gasteiger partial charge is 0.251 e. The molecule has 0 bridgehead atoms. The Labute approximate surface area is 109 Å². The van der Waals surface area contributed by atoms with Crippen molar-refractivity contribution in [2.24, 2.45) is 0 Å². The van der Waals surface area contributed by atoms with Crippen LogP contribution >= 0.6 is 0 Å². The summed E-state index contributed by atoms with van der Waals surface area (Å²) in [7, 11) is 0. The van der Waals surface area contributed by atoms with Gasteiger partial charge in [-0.3, -0.25) is 4.79 Å². The van der Waals surface area contributed by atoms with Crippen molar-refractivity contribution in [2.75, 3.05) is 0 Å². The van der Waals surface area contributed by atoms with E-state index in [1.165, 1.54) is 25.1 Å². The number of hydrogen-bond donors (Lipinski definition) is 1. The molecule has 0 aliphatic carbocycles. The predicted molar refractivity (Wildman–Crippen MR) is 68.9 cm³/mol. The molecule has 0 aliphatic heterocycles. The highest BCUT2D eigenvalue weighted by Gasteiger charge is 2.14. The number of benzene rings is 1. The fraction of sp³-hybridized carbons (Fsp3) is 0.286. The third kappa shape index (κ3) is 2.70. The zero-order valence-electron chi connectivity index (χ0n) is 10.8. The molecule has 5 heteroatoms. The van der Waals surface area contributed by atoms with Crippen molar-refractivity contribution in [3.63, 3.8) is 0 Å². The third-order valence-corrected chi connectivity index (χ3v) is 2.83. The lowest BCUT2D eigenvalue weighted by molar-refractivity contribution is 0.505. The van der Waals surface area contributed by atoms with Gasteiger partial charge in [-0.2, -0.15) is 0 Å². The molecule has 2 aromatic rings. The number of H-pyrrole nitrogens is 1. The van der Waals surface area contributed by atoms with Gasteiger partial charge in [-0.1, -0.05) is 13.0 Å². The first-order valence-electron chi connectivity index (χ1n) is 6.08. The van der Waals surface area contributed by atoms with Crippen LogP contribution in [0.4, 0.5) is 8.78 Å². The van der Waals surface area contributed by atoms with Gasteiger partial charge >= 0.3 is 0 Å². The van der Waals surface area contributed by atoms with Gasteiger partial charge in [-0.25, -0.2) is 13.8 Å². The molecule has 1 aromatic carbocycles. The highest BCUT2D eigenvalue weighted by atomic mass is 19.2. The van der Waals surface area contributed by atoms with E-state index in [0.29, 0.717) is 12.2 Å². The summed E-state index contributed by atoms with van der Waals surface area (Å²) in [6.07, 6.45) is 1.39. The van der Waals surface area contributed by atoms with Crippen LogP contribution in [0.25, 0.3) is 11.3 Å². The number of aryl methyl sites for hydroxylation is 2. The van der Waals surface area contributed by atoms with Crippen LogP contribution in [-0.4, -0.2) is 9.97 Å². The van der Waals surface area contributed by atoms with E-state index in [1.54, 1.807) is 0 Å². The van der Waals surface area contributed by atoms with E-state index >= 15 is 0 Å². The maximum Gasteiger partial charge on any atom is 0.251 e. The van der Waals surface area contributed by atoms with Crippen molar-refractivity contribution < 1.29 is 8.78 Å². The minimum atomic E-state index is -0.972. The fourth-order valence-corrected chi connectivity index (χ4v) is 1.85. The number of rotatable bonds is 3. The summed E-state index contributed by atoms with van der Waals surface area (Å²) in [5, 5.41) is 0. The predicted octanol–water partition coefficient (Wildman–Crippen LogP) is 2.98. The van der Waals surface area contributed by atoms with Crippen LogP contribution in [0, 0.1) is 18.6 Å². The summed E-state index contributed by atoms with van der Waals surface area (Å²) in [4.78, 5) is 18.3. The summed E-state index contributed by atoms with van der Waals surface area (Å²) in [6.45, 7) is 3.43. The lowest BCUT2D eigenvalue weighted by Crippen LogP contribution is -2.11. The molecule has 0 fully saturated rings. The van der Waals surface area contributed by atoms with Crippen molar-refractivity contribution in [3.05, 3.63) is 51.6 Å². The Bertz CT molecular complexity index is 665. The Balaban J connectivity index is 2.59. The maximum absolute atomic E-state index is 13.9. The minimum Gasteiger partial charge on any atom is -0.311 e. The topological polar surface area (TPSA) is 45.8 Å². The average Bonchev–Trinajstić information content (AvgIpc) is 2.36. The SMILES string of the molecule is CCCc1nc(-c2ccc(C)c(F)c2F)cc(=O)[nH]1. The summed E-state index contributed by atoms with van der Waals surface area (Å²) in [5.74, 6) is -1.40. The first-order valence-corrected chi connectivity index (χ1v) is 6.08. The van der Waals surface area contributed by atoms with Crippen LogP contribution in [-0.2, 0) is 6.42 Å². The Morgan fingerprint density at radius 2 is 2.00 bits per heavy atom.